The minimum Gasteiger partial charge on any atom is -0.382 e. The van der Waals surface area contributed by atoms with Crippen LogP contribution >= 0.6 is 0 Å². The van der Waals surface area contributed by atoms with Crippen molar-refractivity contribution < 1.29 is 9.47 Å². The highest BCUT2D eigenvalue weighted by Crippen LogP contribution is 2.16. The molecule has 1 atom stereocenters. The first kappa shape index (κ1) is 12.9. The van der Waals surface area contributed by atoms with Crippen molar-refractivity contribution in [3.63, 3.8) is 0 Å². The Labute approximate surface area is 82.6 Å². The van der Waals surface area contributed by atoms with E-state index in [1.165, 1.54) is 0 Å². The van der Waals surface area contributed by atoms with E-state index >= 15 is 0 Å². The van der Waals surface area contributed by atoms with E-state index in [0.717, 1.165) is 19.4 Å². The van der Waals surface area contributed by atoms with Crippen LogP contribution < -0.4 is 0 Å². The van der Waals surface area contributed by atoms with Crippen LogP contribution in [0.5, 0.6) is 0 Å². The summed E-state index contributed by atoms with van der Waals surface area (Å²) < 4.78 is 10.9. The van der Waals surface area contributed by atoms with Gasteiger partial charge in [0.15, 0.2) is 0 Å². The summed E-state index contributed by atoms with van der Waals surface area (Å²) in [7, 11) is 1.72. The van der Waals surface area contributed by atoms with Gasteiger partial charge in [-0.25, -0.2) is 0 Å². The average molecular weight is 188 g/mol. The van der Waals surface area contributed by atoms with Gasteiger partial charge in [-0.3, -0.25) is 0 Å². The molecular weight excluding hydrogens is 164 g/mol. The van der Waals surface area contributed by atoms with Gasteiger partial charge in [-0.2, -0.15) is 0 Å². The van der Waals surface area contributed by atoms with E-state index in [0.29, 0.717) is 12.5 Å². The summed E-state index contributed by atoms with van der Waals surface area (Å²) in [5.74, 6) is 0.712. The highest BCUT2D eigenvalue weighted by Gasteiger charge is 2.22. The molecule has 0 spiro atoms. The second-order valence-corrected chi connectivity index (χ2v) is 4.27. The van der Waals surface area contributed by atoms with Crippen molar-refractivity contribution in [1.29, 1.82) is 0 Å². The fraction of sp³-hybridized carbons (Fsp3) is 1.00. The Morgan fingerprint density at radius 3 is 2.31 bits per heavy atom. The van der Waals surface area contributed by atoms with E-state index in [4.69, 9.17) is 9.47 Å². The van der Waals surface area contributed by atoms with Crippen LogP contribution in [0.15, 0.2) is 0 Å². The first-order chi connectivity index (χ1) is 6.04. The number of ether oxygens (including phenoxy) is 2. The van der Waals surface area contributed by atoms with Crippen LogP contribution in [0.25, 0.3) is 0 Å². The highest BCUT2D eigenvalue weighted by atomic mass is 16.5. The predicted molar refractivity (Wildman–Crippen MR) is 56.0 cm³/mol. The molecule has 0 radical (unpaired) electrons. The molecule has 0 saturated heterocycles. The van der Waals surface area contributed by atoms with E-state index in [1.54, 1.807) is 7.11 Å². The lowest BCUT2D eigenvalue weighted by Crippen LogP contribution is -2.33. The lowest BCUT2D eigenvalue weighted by Gasteiger charge is -2.28. The van der Waals surface area contributed by atoms with Crippen LogP contribution in [0, 0.1) is 5.92 Å². The third-order valence-corrected chi connectivity index (χ3v) is 2.34. The Hall–Kier alpha value is -0.0800. The Kier molecular flexibility index (Phi) is 6.35. The van der Waals surface area contributed by atoms with Crippen LogP contribution in [0.1, 0.15) is 40.5 Å². The summed E-state index contributed by atoms with van der Waals surface area (Å²) in [4.78, 5) is 0. The Bertz CT molecular complexity index is 123. The predicted octanol–water partition coefficient (Wildman–Crippen LogP) is 2.86. The van der Waals surface area contributed by atoms with Gasteiger partial charge in [-0.05, 0) is 25.7 Å². The first-order valence-corrected chi connectivity index (χ1v) is 5.17. The molecule has 0 fully saturated rings. The zero-order chi connectivity index (χ0) is 10.3. The van der Waals surface area contributed by atoms with Gasteiger partial charge in [0.1, 0.15) is 0 Å². The number of methoxy groups -OCH3 is 1. The maximum absolute atomic E-state index is 5.80. The maximum Gasteiger partial charge on any atom is 0.0884 e. The van der Waals surface area contributed by atoms with E-state index in [9.17, 15) is 0 Å². The van der Waals surface area contributed by atoms with Crippen molar-refractivity contribution >= 4 is 0 Å². The van der Waals surface area contributed by atoms with Crippen molar-refractivity contribution in [2.45, 2.75) is 46.1 Å². The molecule has 0 aromatic heterocycles. The van der Waals surface area contributed by atoms with E-state index in [-0.39, 0.29) is 5.60 Å². The Morgan fingerprint density at radius 1 is 1.31 bits per heavy atom. The smallest absolute Gasteiger partial charge is 0.0884 e. The molecular formula is C11H24O2. The largest absolute Gasteiger partial charge is 0.382 e. The molecule has 2 nitrogen and oxygen atoms in total. The zero-order valence-electron chi connectivity index (χ0n) is 9.72. The molecule has 0 rings (SSSR count). The summed E-state index contributed by atoms with van der Waals surface area (Å²) in [6.07, 6.45) is 2.12. The van der Waals surface area contributed by atoms with Crippen LogP contribution in [0.3, 0.4) is 0 Å². The van der Waals surface area contributed by atoms with E-state index in [1.807, 2.05) is 0 Å². The van der Waals surface area contributed by atoms with Gasteiger partial charge in [-0.1, -0.05) is 20.8 Å². The number of hydrogen-bond acceptors (Lipinski definition) is 2. The van der Waals surface area contributed by atoms with Gasteiger partial charge in [0.25, 0.3) is 0 Å². The molecule has 1 unspecified atom stereocenters. The molecule has 13 heavy (non-hydrogen) atoms. The molecule has 0 aromatic carbocycles. The molecule has 0 aromatic rings. The average Bonchev–Trinajstić information content (AvgIpc) is 2.04. The van der Waals surface area contributed by atoms with Crippen LogP contribution in [0.2, 0.25) is 0 Å². The molecule has 0 heterocycles. The summed E-state index contributed by atoms with van der Waals surface area (Å²) >= 11 is 0. The SMILES string of the molecule is CCC(C)(COC)OCCC(C)C. The summed E-state index contributed by atoms with van der Waals surface area (Å²) in [6.45, 7) is 10.2. The zero-order valence-corrected chi connectivity index (χ0v) is 9.72. The minimum atomic E-state index is -0.0936. The second kappa shape index (κ2) is 6.39. The molecule has 0 aliphatic heterocycles. The van der Waals surface area contributed by atoms with Gasteiger partial charge in [0.2, 0.25) is 0 Å². The second-order valence-electron chi connectivity index (χ2n) is 4.27. The van der Waals surface area contributed by atoms with Gasteiger partial charge in [0, 0.05) is 13.7 Å². The molecule has 0 saturated carbocycles. The topological polar surface area (TPSA) is 18.5 Å². The lowest BCUT2D eigenvalue weighted by molar-refractivity contribution is -0.0817. The molecule has 0 amide bonds. The monoisotopic (exact) mass is 188 g/mol. The van der Waals surface area contributed by atoms with E-state index in [2.05, 4.69) is 27.7 Å². The standard InChI is InChI=1S/C11H24O2/c1-6-11(4,9-12-5)13-8-7-10(2)3/h10H,6-9H2,1-5H3. The fourth-order valence-corrected chi connectivity index (χ4v) is 1.09. The molecule has 0 bridgehead atoms. The van der Waals surface area contributed by atoms with Crippen LogP contribution in [-0.2, 0) is 9.47 Å². The first-order valence-electron chi connectivity index (χ1n) is 5.17. The minimum absolute atomic E-state index is 0.0936. The number of rotatable bonds is 7. The van der Waals surface area contributed by atoms with Crippen molar-refractivity contribution in [2.24, 2.45) is 5.92 Å². The fourth-order valence-electron chi connectivity index (χ4n) is 1.09. The normalized spacial score (nSPS) is 16.2. The molecule has 0 N–H and O–H groups in total. The van der Waals surface area contributed by atoms with Crippen molar-refractivity contribution in [3.8, 4) is 0 Å². The third-order valence-electron chi connectivity index (χ3n) is 2.34. The summed E-state index contributed by atoms with van der Waals surface area (Å²) in [5, 5.41) is 0. The van der Waals surface area contributed by atoms with Crippen LogP contribution in [-0.4, -0.2) is 25.9 Å². The number of hydrogen-bond donors (Lipinski definition) is 0. The molecule has 2 heteroatoms. The van der Waals surface area contributed by atoms with Gasteiger partial charge < -0.3 is 9.47 Å². The summed E-state index contributed by atoms with van der Waals surface area (Å²) in [5.41, 5.74) is -0.0936. The van der Waals surface area contributed by atoms with Crippen LogP contribution in [0.4, 0.5) is 0 Å². The third kappa shape index (κ3) is 6.05. The van der Waals surface area contributed by atoms with Crippen molar-refractivity contribution in [3.05, 3.63) is 0 Å². The van der Waals surface area contributed by atoms with Gasteiger partial charge in [-0.15, -0.1) is 0 Å². The molecule has 0 aliphatic carbocycles. The maximum atomic E-state index is 5.80. The highest BCUT2D eigenvalue weighted by molar-refractivity contribution is 4.72. The van der Waals surface area contributed by atoms with Crippen molar-refractivity contribution in [1.82, 2.24) is 0 Å². The van der Waals surface area contributed by atoms with Gasteiger partial charge in [0.05, 0.1) is 12.2 Å². The molecule has 80 valence electrons. The summed E-state index contributed by atoms with van der Waals surface area (Å²) in [6, 6.07) is 0. The lowest BCUT2D eigenvalue weighted by atomic mass is 10.0. The Balaban J connectivity index is 3.69. The van der Waals surface area contributed by atoms with Crippen molar-refractivity contribution in [2.75, 3.05) is 20.3 Å². The van der Waals surface area contributed by atoms with E-state index < -0.39 is 0 Å². The Morgan fingerprint density at radius 2 is 1.92 bits per heavy atom. The van der Waals surface area contributed by atoms with Gasteiger partial charge >= 0.3 is 0 Å². The molecule has 0 aliphatic rings. The quantitative estimate of drug-likeness (QED) is 0.611.